The first-order valence-corrected chi connectivity index (χ1v) is 7.43. The molecule has 0 radical (unpaired) electrons. The minimum Gasteiger partial charge on any atom is -0.311 e. The van der Waals surface area contributed by atoms with Crippen LogP contribution in [0.1, 0.15) is 45.4 Å². The number of nitrogens with zero attached hydrogens (tertiary/aromatic N) is 5. The van der Waals surface area contributed by atoms with Crippen LogP contribution in [0.5, 0.6) is 0 Å². The van der Waals surface area contributed by atoms with Gasteiger partial charge in [-0.1, -0.05) is 26.7 Å². The molecule has 1 aliphatic rings. The fourth-order valence-electron chi connectivity index (χ4n) is 2.85. The number of nitrogens with one attached hydrogen (secondary N) is 1. The van der Waals surface area contributed by atoms with Gasteiger partial charge in [0.15, 0.2) is 5.82 Å². The maximum atomic E-state index is 4.30. The molecule has 1 aliphatic heterocycles. The van der Waals surface area contributed by atoms with Crippen LogP contribution in [-0.4, -0.2) is 50.3 Å². The summed E-state index contributed by atoms with van der Waals surface area (Å²) >= 11 is 0. The molecule has 0 spiro atoms. The summed E-state index contributed by atoms with van der Waals surface area (Å²) in [5.74, 6) is 0.834. The van der Waals surface area contributed by atoms with Crippen molar-refractivity contribution in [2.45, 2.75) is 58.2 Å². The molecule has 2 heterocycles. The Balaban J connectivity index is 1.98. The van der Waals surface area contributed by atoms with E-state index in [2.05, 4.69) is 39.5 Å². The molecule has 0 bridgehead atoms. The normalized spacial score (nSPS) is 24.8. The second-order valence-corrected chi connectivity index (χ2v) is 5.46. The summed E-state index contributed by atoms with van der Waals surface area (Å²) in [6, 6.07) is 1.21. The van der Waals surface area contributed by atoms with Crippen molar-refractivity contribution in [2.24, 2.45) is 7.05 Å². The van der Waals surface area contributed by atoms with Crippen molar-refractivity contribution in [1.82, 2.24) is 30.4 Å². The predicted octanol–water partition coefficient (Wildman–Crippen LogP) is 0.953. The summed E-state index contributed by atoms with van der Waals surface area (Å²) in [5, 5.41) is 16.0. The van der Waals surface area contributed by atoms with Crippen LogP contribution >= 0.6 is 0 Å². The van der Waals surface area contributed by atoms with E-state index in [0.717, 1.165) is 25.5 Å². The number of tetrazole rings is 1. The van der Waals surface area contributed by atoms with Gasteiger partial charge in [0.25, 0.3) is 0 Å². The molecular weight excluding hydrogens is 240 g/mol. The van der Waals surface area contributed by atoms with E-state index in [0.29, 0.717) is 12.1 Å². The molecule has 0 aromatic carbocycles. The monoisotopic (exact) mass is 266 g/mol. The zero-order chi connectivity index (χ0) is 13.7. The lowest BCUT2D eigenvalue weighted by Gasteiger charge is -2.40. The van der Waals surface area contributed by atoms with Crippen LogP contribution in [0.25, 0.3) is 0 Å². The minimum atomic E-state index is 0.599. The molecule has 1 fully saturated rings. The lowest BCUT2D eigenvalue weighted by molar-refractivity contribution is 0.109. The highest BCUT2D eigenvalue weighted by Crippen LogP contribution is 2.16. The summed E-state index contributed by atoms with van der Waals surface area (Å²) in [6.45, 7) is 7.49. The van der Waals surface area contributed by atoms with E-state index >= 15 is 0 Å². The van der Waals surface area contributed by atoms with Crippen LogP contribution in [0.3, 0.4) is 0 Å². The third-order valence-corrected chi connectivity index (χ3v) is 3.77. The van der Waals surface area contributed by atoms with Crippen molar-refractivity contribution >= 4 is 0 Å². The lowest BCUT2D eigenvalue weighted by atomic mass is 10.0. The van der Waals surface area contributed by atoms with Crippen molar-refractivity contribution in [3.8, 4) is 0 Å². The molecule has 2 rings (SSSR count). The van der Waals surface area contributed by atoms with Gasteiger partial charge in [0, 0.05) is 25.2 Å². The Bertz CT molecular complexity index is 377. The van der Waals surface area contributed by atoms with Gasteiger partial charge in [-0.05, 0) is 18.1 Å². The smallest absolute Gasteiger partial charge is 0.188 e. The third-order valence-electron chi connectivity index (χ3n) is 3.77. The quantitative estimate of drug-likeness (QED) is 0.831. The Kier molecular flexibility index (Phi) is 5.27. The SMILES string of the molecule is CCCC1CN(Cc2nnn(C)n2)C(CCC)CN1. The molecule has 1 saturated heterocycles. The summed E-state index contributed by atoms with van der Waals surface area (Å²) in [5.41, 5.74) is 0. The molecule has 6 heteroatoms. The molecule has 1 aromatic rings. The highest BCUT2D eigenvalue weighted by Gasteiger charge is 2.27. The van der Waals surface area contributed by atoms with E-state index in [1.165, 1.54) is 30.5 Å². The summed E-state index contributed by atoms with van der Waals surface area (Å²) in [7, 11) is 1.82. The van der Waals surface area contributed by atoms with Crippen molar-refractivity contribution in [3.05, 3.63) is 5.82 Å². The zero-order valence-electron chi connectivity index (χ0n) is 12.3. The van der Waals surface area contributed by atoms with Crippen LogP contribution < -0.4 is 5.32 Å². The molecule has 6 nitrogen and oxygen atoms in total. The topological polar surface area (TPSA) is 58.9 Å². The Hall–Kier alpha value is -1.01. The second kappa shape index (κ2) is 6.96. The zero-order valence-corrected chi connectivity index (χ0v) is 12.3. The molecule has 1 N–H and O–H groups in total. The highest BCUT2D eigenvalue weighted by molar-refractivity contribution is 4.89. The van der Waals surface area contributed by atoms with Crippen LogP contribution in [0.4, 0.5) is 0 Å². The molecule has 2 atom stereocenters. The average molecular weight is 266 g/mol. The minimum absolute atomic E-state index is 0.599. The van der Waals surface area contributed by atoms with Gasteiger partial charge < -0.3 is 5.32 Å². The van der Waals surface area contributed by atoms with Crippen molar-refractivity contribution in [3.63, 3.8) is 0 Å². The number of piperazine rings is 1. The van der Waals surface area contributed by atoms with Crippen molar-refractivity contribution < 1.29 is 0 Å². The molecule has 0 saturated carbocycles. The predicted molar refractivity (Wildman–Crippen MR) is 74.6 cm³/mol. The molecule has 19 heavy (non-hydrogen) atoms. The lowest BCUT2D eigenvalue weighted by Crippen LogP contribution is -2.56. The van der Waals surface area contributed by atoms with E-state index < -0.39 is 0 Å². The van der Waals surface area contributed by atoms with Crippen LogP contribution in [-0.2, 0) is 13.6 Å². The van der Waals surface area contributed by atoms with Crippen molar-refractivity contribution in [1.29, 1.82) is 0 Å². The van der Waals surface area contributed by atoms with Gasteiger partial charge in [0.05, 0.1) is 13.6 Å². The van der Waals surface area contributed by atoms with E-state index in [-0.39, 0.29) is 0 Å². The van der Waals surface area contributed by atoms with E-state index in [1.807, 2.05) is 7.05 Å². The highest BCUT2D eigenvalue weighted by atomic mass is 15.6. The maximum Gasteiger partial charge on any atom is 0.188 e. The first-order valence-electron chi connectivity index (χ1n) is 7.43. The maximum absolute atomic E-state index is 4.30. The fourth-order valence-corrected chi connectivity index (χ4v) is 2.85. The van der Waals surface area contributed by atoms with Crippen LogP contribution in [0.15, 0.2) is 0 Å². The first kappa shape index (κ1) is 14.4. The number of hydrogen-bond acceptors (Lipinski definition) is 5. The molecule has 1 aromatic heterocycles. The first-order chi connectivity index (χ1) is 9.22. The molecule has 2 unspecified atom stereocenters. The summed E-state index contributed by atoms with van der Waals surface area (Å²) in [4.78, 5) is 4.06. The number of rotatable bonds is 6. The Labute approximate surface area is 115 Å². The van der Waals surface area contributed by atoms with Crippen LogP contribution in [0.2, 0.25) is 0 Å². The summed E-state index contributed by atoms with van der Waals surface area (Å²) < 4.78 is 0. The largest absolute Gasteiger partial charge is 0.311 e. The van der Waals surface area contributed by atoms with Gasteiger partial charge in [-0.15, -0.1) is 10.2 Å². The third kappa shape index (κ3) is 3.98. The fraction of sp³-hybridized carbons (Fsp3) is 0.923. The van der Waals surface area contributed by atoms with Crippen molar-refractivity contribution in [2.75, 3.05) is 13.1 Å². The van der Waals surface area contributed by atoms with Gasteiger partial charge in [0.2, 0.25) is 0 Å². The van der Waals surface area contributed by atoms with Crippen LogP contribution in [0, 0.1) is 0 Å². The van der Waals surface area contributed by atoms with Gasteiger partial charge in [-0.3, -0.25) is 4.90 Å². The van der Waals surface area contributed by atoms with E-state index in [4.69, 9.17) is 0 Å². The van der Waals surface area contributed by atoms with E-state index in [1.54, 1.807) is 0 Å². The van der Waals surface area contributed by atoms with E-state index in [9.17, 15) is 0 Å². The number of aryl methyl sites for hydroxylation is 1. The summed E-state index contributed by atoms with van der Waals surface area (Å²) in [6.07, 6.45) is 4.91. The van der Waals surface area contributed by atoms with Gasteiger partial charge in [-0.25, -0.2) is 0 Å². The number of aromatic nitrogens is 4. The molecule has 0 aliphatic carbocycles. The molecule has 108 valence electrons. The standard InChI is InChI=1S/C13H26N6/c1-4-6-11-9-19(12(7-5-2)8-14-11)10-13-15-17-18(3)16-13/h11-12,14H,4-10H2,1-3H3. The number of hydrogen-bond donors (Lipinski definition) is 1. The molecule has 0 amide bonds. The van der Waals surface area contributed by atoms with Gasteiger partial charge in [-0.2, -0.15) is 4.80 Å². The average Bonchev–Trinajstić information content (AvgIpc) is 2.79. The Morgan fingerprint density at radius 2 is 2.05 bits per heavy atom. The molecular formula is C13H26N6. The van der Waals surface area contributed by atoms with Gasteiger partial charge in [0.1, 0.15) is 0 Å². The second-order valence-electron chi connectivity index (χ2n) is 5.46. The Morgan fingerprint density at radius 1 is 1.26 bits per heavy atom. The van der Waals surface area contributed by atoms with Gasteiger partial charge >= 0.3 is 0 Å². The Morgan fingerprint density at radius 3 is 2.68 bits per heavy atom.